The fourth-order valence-corrected chi connectivity index (χ4v) is 3.82. The Labute approximate surface area is 179 Å². The molecule has 2 rings (SSSR count). The summed E-state index contributed by atoms with van der Waals surface area (Å²) in [7, 11) is 0. The molecule has 0 saturated carbocycles. The minimum Gasteiger partial charge on any atom is -0.379 e. The molecule has 0 aromatic heterocycles. The summed E-state index contributed by atoms with van der Waals surface area (Å²) < 4.78 is 19.2. The van der Waals surface area contributed by atoms with E-state index in [2.05, 4.69) is 24.1 Å². The summed E-state index contributed by atoms with van der Waals surface area (Å²) in [5.74, 6) is -0.230. The van der Waals surface area contributed by atoms with Gasteiger partial charge in [0, 0.05) is 45.6 Å². The lowest BCUT2D eigenvalue weighted by molar-refractivity contribution is -0.131. The summed E-state index contributed by atoms with van der Waals surface area (Å²) in [4.78, 5) is 28.8. The number of hydrogen-bond acceptors (Lipinski definition) is 4. The molecule has 1 N–H and O–H groups in total. The SMILES string of the molecule is CCCN(CCC)C(=O)CCCC(=O)NCC(c1cccc(F)c1)N1CCOCC1. The predicted molar refractivity (Wildman–Crippen MR) is 116 cm³/mol. The van der Waals surface area contributed by atoms with Gasteiger partial charge in [0.2, 0.25) is 11.8 Å². The molecule has 1 aliphatic rings. The number of halogens is 1. The largest absolute Gasteiger partial charge is 0.379 e. The number of morpholine rings is 1. The number of rotatable bonds is 12. The van der Waals surface area contributed by atoms with Gasteiger partial charge in [0.1, 0.15) is 5.82 Å². The number of benzene rings is 1. The fourth-order valence-electron chi connectivity index (χ4n) is 3.82. The van der Waals surface area contributed by atoms with E-state index in [4.69, 9.17) is 4.74 Å². The van der Waals surface area contributed by atoms with Gasteiger partial charge in [0.25, 0.3) is 0 Å². The Morgan fingerprint density at radius 1 is 1.17 bits per heavy atom. The van der Waals surface area contributed by atoms with Crippen molar-refractivity contribution >= 4 is 11.8 Å². The maximum Gasteiger partial charge on any atom is 0.222 e. The Bertz CT molecular complexity index is 659. The normalized spacial score (nSPS) is 15.6. The molecule has 1 saturated heterocycles. The van der Waals surface area contributed by atoms with Gasteiger partial charge in [0.05, 0.1) is 19.3 Å². The molecule has 168 valence electrons. The van der Waals surface area contributed by atoms with Crippen LogP contribution in [0, 0.1) is 5.82 Å². The van der Waals surface area contributed by atoms with Gasteiger partial charge < -0.3 is 15.0 Å². The molecule has 0 bridgehead atoms. The van der Waals surface area contributed by atoms with Crippen molar-refractivity contribution in [2.75, 3.05) is 45.9 Å². The Balaban J connectivity index is 1.84. The number of amides is 2. The van der Waals surface area contributed by atoms with Crippen LogP contribution in [0.2, 0.25) is 0 Å². The lowest BCUT2D eigenvalue weighted by Gasteiger charge is -2.35. The number of nitrogens with one attached hydrogen (secondary N) is 1. The number of carbonyl (C=O) groups excluding carboxylic acids is 2. The minimum atomic E-state index is -0.278. The standard InChI is InChI=1S/C23H36FN3O3/c1-3-11-27(12-4-2)23(29)10-6-9-22(28)25-18-21(26-13-15-30-16-14-26)19-7-5-8-20(24)17-19/h5,7-8,17,21H,3-4,6,9-16,18H2,1-2H3,(H,25,28). The molecule has 1 aromatic rings. The van der Waals surface area contributed by atoms with Crippen LogP contribution in [-0.4, -0.2) is 67.6 Å². The predicted octanol–water partition coefficient (Wildman–Crippen LogP) is 3.13. The van der Waals surface area contributed by atoms with Gasteiger partial charge in [-0.1, -0.05) is 26.0 Å². The van der Waals surface area contributed by atoms with Crippen LogP contribution in [0.5, 0.6) is 0 Å². The first kappa shape index (κ1) is 24.3. The van der Waals surface area contributed by atoms with Crippen LogP contribution in [0.3, 0.4) is 0 Å². The molecule has 2 amide bonds. The zero-order valence-electron chi connectivity index (χ0n) is 18.4. The first-order valence-electron chi connectivity index (χ1n) is 11.2. The van der Waals surface area contributed by atoms with Crippen molar-refractivity contribution in [3.63, 3.8) is 0 Å². The van der Waals surface area contributed by atoms with Gasteiger partial charge in [-0.25, -0.2) is 4.39 Å². The van der Waals surface area contributed by atoms with Crippen molar-refractivity contribution < 1.29 is 18.7 Å². The van der Waals surface area contributed by atoms with Gasteiger partial charge in [-0.2, -0.15) is 0 Å². The van der Waals surface area contributed by atoms with E-state index in [1.807, 2.05) is 11.0 Å². The van der Waals surface area contributed by atoms with Gasteiger partial charge in [-0.05, 0) is 37.0 Å². The highest BCUT2D eigenvalue weighted by Crippen LogP contribution is 2.22. The minimum absolute atomic E-state index is 0.0741. The lowest BCUT2D eigenvalue weighted by atomic mass is 10.0. The monoisotopic (exact) mass is 421 g/mol. The van der Waals surface area contributed by atoms with Crippen molar-refractivity contribution in [3.8, 4) is 0 Å². The quantitative estimate of drug-likeness (QED) is 0.563. The molecule has 7 heteroatoms. The number of nitrogens with zero attached hydrogens (tertiary/aromatic N) is 2. The highest BCUT2D eigenvalue weighted by atomic mass is 19.1. The maximum absolute atomic E-state index is 13.7. The summed E-state index contributed by atoms with van der Waals surface area (Å²) in [5, 5.41) is 2.98. The van der Waals surface area contributed by atoms with Crippen LogP contribution in [-0.2, 0) is 14.3 Å². The Morgan fingerprint density at radius 3 is 2.50 bits per heavy atom. The van der Waals surface area contributed by atoms with Gasteiger partial charge in [0.15, 0.2) is 0 Å². The highest BCUT2D eigenvalue weighted by Gasteiger charge is 2.23. The van der Waals surface area contributed by atoms with Crippen molar-refractivity contribution in [2.45, 2.75) is 52.0 Å². The van der Waals surface area contributed by atoms with Crippen molar-refractivity contribution in [3.05, 3.63) is 35.6 Å². The highest BCUT2D eigenvalue weighted by molar-refractivity contribution is 5.79. The van der Waals surface area contributed by atoms with Crippen LogP contribution in [0.1, 0.15) is 57.6 Å². The van der Waals surface area contributed by atoms with Crippen LogP contribution in [0.4, 0.5) is 4.39 Å². The van der Waals surface area contributed by atoms with E-state index in [9.17, 15) is 14.0 Å². The molecule has 1 aliphatic heterocycles. The summed E-state index contributed by atoms with van der Waals surface area (Å²) in [6, 6.07) is 6.45. The van der Waals surface area contributed by atoms with E-state index in [-0.39, 0.29) is 23.7 Å². The molecule has 30 heavy (non-hydrogen) atoms. The summed E-state index contributed by atoms with van der Waals surface area (Å²) in [6.07, 6.45) is 3.13. The summed E-state index contributed by atoms with van der Waals surface area (Å²) >= 11 is 0. The maximum atomic E-state index is 13.7. The average molecular weight is 422 g/mol. The Morgan fingerprint density at radius 2 is 1.87 bits per heavy atom. The van der Waals surface area contributed by atoms with E-state index >= 15 is 0 Å². The lowest BCUT2D eigenvalue weighted by Crippen LogP contribution is -2.43. The molecule has 6 nitrogen and oxygen atoms in total. The molecule has 1 aromatic carbocycles. The molecular formula is C23H36FN3O3. The second-order valence-electron chi connectivity index (χ2n) is 7.76. The number of ether oxygens (including phenoxy) is 1. The fraction of sp³-hybridized carbons (Fsp3) is 0.652. The molecule has 0 spiro atoms. The first-order chi connectivity index (χ1) is 14.5. The topological polar surface area (TPSA) is 61.9 Å². The van der Waals surface area contributed by atoms with Crippen LogP contribution in [0.15, 0.2) is 24.3 Å². The summed E-state index contributed by atoms with van der Waals surface area (Å²) in [5.41, 5.74) is 0.849. The third-order valence-electron chi connectivity index (χ3n) is 5.35. The van der Waals surface area contributed by atoms with Crippen molar-refractivity contribution in [1.82, 2.24) is 15.1 Å². The molecule has 0 radical (unpaired) electrons. The van der Waals surface area contributed by atoms with E-state index in [1.165, 1.54) is 12.1 Å². The van der Waals surface area contributed by atoms with E-state index in [1.54, 1.807) is 6.07 Å². The van der Waals surface area contributed by atoms with Crippen molar-refractivity contribution in [1.29, 1.82) is 0 Å². The van der Waals surface area contributed by atoms with E-state index in [0.717, 1.165) is 44.6 Å². The average Bonchev–Trinajstić information content (AvgIpc) is 2.74. The number of hydrogen-bond donors (Lipinski definition) is 1. The molecule has 1 unspecified atom stereocenters. The molecule has 1 atom stereocenters. The third-order valence-corrected chi connectivity index (χ3v) is 5.35. The third kappa shape index (κ3) is 8.03. The number of carbonyl (C=O) groups is 2. The van der Waals surface area contributed by atoms with Gasteiger partial charge in [-0.15, -0.1) is 0 Å². The zero-order chi connectivity index (χ0) is 21.8. The molecule has 0 aliphatic carbocycles. The van der Waals surface area contributed by atoms with Gasteiger partial charge >= 0.3 is 0 Å². The van der Waals surface area contributed by atoms with Crippen LogP contribution in [0.25, 0.3) is 0 Å². The van der Waals surface area contributed by atoms with Gasteiger partial charge in [-0.3, -0.25) is 14.5 Å². The van der Waals surface area contributed by atoms with E-state index in [0.29, 0.717) is 39.0 Å². The smallest absolute Gasteiger partial charge is 0.222 e. The second kappa shape index (κ2) is 13.3. The molecular weight excluding hydrogens is 385 g/mol. The van der Waals surface area contributed by atoms with E-state index < -0.39 is 0 Å². The Kier molecular flexibility index (Phi) is 10.8. The second-order valence-corrected chi connectivity index (χ2v) is 7.76. The molecule has 1 fully saturated rings. The zero-order valence-corrected chi connectivity index (χ0v) is 18.4. The van der Waals surface area contributed by atoms with Crippen LogP contribution < -0.4 is 5.32 Å². The Hall–Kier alpha value is -1.99. The van der Waals surface area contributed by atoms with Crippen LogP contribution >= 0.6 is 0 Å². The summed E-state index contributed by atoms with van der Waals surface area (Å²) in [6.45, 7) is 8.84. The first-order valence-corrected chi connectivity index (χ1v) is 11.2. The van der Waals surface area contributed by atoms with Crippen molar-refractivity contribution in [2.24, 2.45) is 0 Å². The molecule has 1 heterocycles.